The third kappa shape index (κ3) is 6.98. The molecule has 2 aliphatic rings. The van der Waals surface area contributed by atoms with Crippen LogP contribution in [0.4, 0.5) is 0 Å². The first-order chi connectivity index (χ1) is 20.7. The molecule has 0 saturated carbocycles. The molecule has 5 rings (SSSR count). The largest absolute Gasteiger partial charge is 0.347 e. The van der Waals surface area contributed by atoms with E-state index in [0.717, 1.165) is 16.7 Å². The zero-order chi connectivity index (χ0) is 30.6. The molecule has 2 amide bonds. The van der Waals surface area contributed by atoms with E-state index in [2.05, 4.69) is 5.32 Å². The van der Waals surface area contributed by atoms with E-state index in [1.807, 2.05) is 79.4 Å². The molecule has 43 heavy (non-hydrogen) atoms. The maximum atomic E-state index is 13.8. The van der Waals surface area contributed by atoms with Crippen molar-refractivity contribution in [2.24, 2.45) is 17.6 Å². The van der Waals surface area contributed by atoms with Gasteiger partial charge in [-0.1, -0.05) is 86.6 Å². The molecular formula is C33H40N4O4S2. The molecule has 0 spiro atoms. The summed E-state index contributed by atoms with van der Waals surface area (Å²) in [6, 6.07) is 25.6. The lowest BCUT2D eigenvalue weighted by Gasteiger charge is -2.38. The first-order valence-electron chi connectivity index (χ1n) is 14.9. The quantitative estimate of drug-likeness (QED) is 0.365. The van der Waals surface area contributed by atoms with Crippen molar-refractivity contribution >= 4 is 33.6 Å². The highest BCUT2D eigenvalue weighted by atomic mass is 32.2. The third-order valence-electron chi connectivity index (χ3n) is 8.42. The van der Waals surface area contributed by atoms with Crippen LogP contribution in [-0.4, -0.2) is 66.2 Å². The molecule has 3 aromatic carbocycles. The molecule has 10 heteroatoms. The van der Waals surface area contributed by atoms with E-state index in [0.29, 0.717) is 31.7 Å². The Morgan fingerprint density at radius 1 is 0.860 bits per heavy atom. The highest BCUT2D eigenvalue weighted by Gasteiger charge is 2.42. The minimum Gasteiger partial charge on any atom is -0.347 e. The lowest BCUT2D eigenvalue weighted by Crippen LogP contribution is -2.51. The predicted octanol–water partition coefficient (Wildman–Crippen LogP) is 4.50. The Bertz CT molecular complexity index is 1490. The first-order valence-corrected chi connectivity index (χ1v) is 17.3. The van der Waals surface area contributed by atoms with Gasteiger partial charge >= 0.3 is 0 Å². The number of piperidine rings is 1. The van der Waals surface area contributed by atoms with Crippen molar-refractivity contribution in [3.63, 3.8) is 0 Å². The highest BCUT2D eigenvalue weighted by Crippen LogP contribution is 2.35. The molecule has 228 valence electrons. The fraction of sp³-hybridized carbons (Fsp3) is 0.394. The van der Waals surface area contributed by atoms with Gasteiger partial charge in [0.25, 0.3) is 0 Å². The Morgan fingerprint density at radius 2 is 1.44 bits per heavy atom. The van der Waals surface area contributed by atoms with E-state index in [1.54, 1.807) is 24.3 Å². The highest BCUT2D eigenvalue weighted by molar-refractivity contribution is 8.02. The lowest BCUT2D eigenvalue weighted by atomic mass is 9.85. The molecule has 3 aromatic rings. The van der Waals surface area contributed by atoms with Gasteiger partial charge in [-0.3, -0.25) is 9.59 Å². The first kappa shape index (κ1) is 31.3. The predicted molar refractivity (Wildman–Crippen MR) is 171 cm³/mol. The van der Waals surface area contributed by atoms with Crippen molar-refractivity contribution < 1.29 is 18.0 Å². The molecule has 2 heterocycles. The molecule has 2 aliphatic heterocycles. The Hall–Kier alpha value is -3.18. The number of rotatable bonds is 9. The Labute approximate surface area is 259 Å². The SMILES string of the molecule is CC(C)[C@@H](N)C(=O)N1CCC(C(NC(=O)C2SCCN2S(=O)(=O)c2ccc(-c3ccccc3)cc2)c2ccccc2)CC1. The second-order valence-corrected chi connectivity index (χ2v) is 14.6. The smallest absolute Gasteiger partial charge is 0.249 e. The van der Waals surface area contributed by atoms with Crippen LogP contribution >= 0.6 is 11.8 Å². The third-order valence-corrected chi connectivity index (χ3v) is 11.6. The average molecular weight is 621 g/mol. The standard InChI is InChI=1S/C33H40N4O4S2/c1-23(2)29(34)32(39)36-19-17-27(18-20-36)30(26-11-7-4-8-12-26)35-31(38)33-37(21-22-42-33)43(40,41)28-15-13-25(14-16-28)24-9-5-3-6-10-24/h3-16,23,27,29-30,33H,17-22,34H2,1-2H3,(H,35,38)/t29-,30?,33?/m1/s1. The number of benzene rings is 3. The summed E-state index contributed by atoms with van der Waals surface area (Å²) < 4.78 is 28.8. The molecule has 0 radical (unpaired) electrons. The molecule has 3 N–H and O–H groups in total. The summed E-state index contributed by atoms with van der Waals surface area (Å²) in [7, 11) is -3.89. The second-order valence-electron chi connectivity index (χ2n) is 11.6. The van der Waals surface area contributed by atoms with Gasteiger partial charge in [0, 0.05) is 25.4 Å². The number of sulfonamides is 1. The van der Waals surface area contributed by atoms with Crippen LogP contribution in [0.3, 0.4) is 0 Å². The van der Waals surface area contributed by atoms with E-state index in [9.17, 15) is 18.0 Å². The van der Waals surface area contributed by atoms with E-state index in [4.69, 9.17) is 5.73 Å². The summed E-state index contributed by atoms with van der Waals surface area (Å²) in [6.07, 6.45) is 1.42. The molecule has 2 saturated heterocycles. The number of nitrogens with zero attached hydrogens (tertiary/aromatic N) is 2. The van der Waals surface area contributed by atoms with Crippen LogP contribution in [0.1, 0.15) is 38.3 Å². The van der Waals surface area contributed by atoms with E-state index >= 15 is 0 Å². The van der Waals surface area contributed by atoms with Crippen LogP contribution in [0.2, 0.25) is 0 Å². The Balaban J connectivity index is 1.31. The van der Waals surface area contributed by atoms with E-state index < -0.39 is 21.4 Å². The van der Waals surface area contributed by atoms with Gasteiger partial charge in [0.15, 0.2) is 0 Å². The molecular weight excluding hydrogens is 581 g/mol. The summed E-state index contributed by atoms with van der Waals surface area (Å²) in [5, 5.41) is 2.36. The molecule has 3 atom stereocenters. The fourth-order valence-electron chi connectivity index (χ4n) is 5.80. The molecule has 0 bridgehead atoms. The van der Waals surface area contributed by atoms with Crippen molar-refractivity contribution in [2.45, 2.75) is 49.0 Å². The number of hydrogen-bond donors (Lipinski definition) is 2. The van der Waals surface area contributed by atoms with Crippen molar-refractivity contribution in [3.05, 3.63) is 90.5 Å². The minimum absolute atomic E-state index is 0.0336. The normalized spacial score (nSPS) is 19.7. The Kier molecular flexibility index (Phi) is 9.91. The van der Waals surface area contributed by atoms with Crippen LogP contribution in [0.15, 0.2) is 89.8 Å². The van der Waals surface area contributed by atoms with Gasteiger partial charge in [0.1, 0.15) is 5.37 Å². The van der Waals surface area contributed by atoms with Gasteiger partial charge in [-0.2, -0.15) is 4.31 Å². The van der Waals surface area contributed by atoms with Gasteiger partial charge in [0.05, 0.1) is 17.0 Å². The maximum Gasteiger partial charge on any atom is 0.249 e. The molecule has 0 aliphatic carbocycles. The number of nitrogens with two attached hydrogens (primary N) is 1. The molecule has 2 fully saturated rings. The van der Waals surface area contributed by atoms with Crippen molar-refractivity contribution in [1.29, 1.82) is 0 Å². The summed E-state index contributed by atoms with van der Waals surface area (Å²) in [5.74, 6) is 0.334. The summed E-state index contributed by atoms with van der Waals surface area (Å²) in [4.78, 5) is 28.7. The van der Waals surface area contributed by atoms with Crippen LogP contribution in [-0.2, 0) is 19.6 Å². The number of carbonyl (C=O) groups is 2. The van der Waals surface area contributed by atoms with Crippen LogP contribution in [0.5, 0.6) is 0 Å². The summed E-state index contributed by atoms with van der Waals surface area (Å²) in [6.45, 7) is 5.29. The van der Waals surface area contributed by atoms with Gasteiger partial charge < -0.3 is 16.0 Å². The zero-order valence-corrected chi connectivity index (χ0v) is 26.3. The fourth-order valence-corrected chi connectivity index (χ4v) is 8.88. The summed E-state index contributed by atoms with van der Waals surface area (Å²) in [5.41, 5.74) is 9.03. The topological polar surface area (TPSA) is 113 Å². The number of nitrogens with one attached hydrogen (secondary N) is 1. The van der Waals surface area contributed by atoms with Gasteiger partial charge in [-0.15, -0.1) is 11.8 Å². The van der Waals surface area contributed by atoms with Crippen LogP contribution < -0.4 is 11.1 Å². The van der Waals surface area contributed by atoms with Crippen molar-refractivity contribution in [1.82, 2.24) is 14.5 Å². The van der Waals surface area contributed by atoms with E-state index in [1.165, 1.54) is 16.1 Å². The van der Waals surface area contributed by atoms with Crippen LogP contribution in [0.25, 0.3) is 11.1 Å². The second kappa shape index (κ2) is 13.6. The number of thioether (sulfide) groups is 1. The molecule has 2 unspecified atom stereocenters. The number of carbonyl (C=O) groups excluding carboxylic acids is 2. The van der Waals surface area contributed by atoms with Crippen molar-refractivity contribution in [3.8, 4) is 11.1 Å². The van der Waals surface area contributed by atoms with Gasteiger partial charge in [-0.25, -0.2) is 8.42 Å². The summed E-state index contributed by atoms with van der Waals surface area (Å²) >= 11 is 1.34. The monoisotopic (exact) mass is 620 g/mol. The molecule has 8 nitrogen and oxygen atoms in total. The van der Waals surface area contributed by atoms with Gasteiger partial charge in [-0.05, 0) is 53.5 Å². The zero-order valence-electron chi connectivity index (χ0n) is 24.6. The van der Waals surface area contributed by atoms with E-state index in [-0.39, 0.29) is 41.1 Å². The van der Waals surface area contributed by atoms with Crippen molar-refractivity contribution in [2.75, 3.05) is 25.4 Å². The number of hydrogen-bond acceptors (Lipinski definition) is 6. The minimum atomic E-state index is -3.89. The average Bonchev–Trinajstić information content (AvgIpc) is 3.55. The number of amides is 2. The lowest BCUT2D eigenvalue weighted by molar-refractivity contribution is -0.135. The van der Waals surface area contributed by atoms with Gasteiger partial charge in [0.2, 0.25) is 21.8 Å². The maximum absolute atomic E-state index is 13.8. The van der Waals surface area contributed by atoms with Crippen LogP contribution in [0, 0.1) is 11.8 Å². The molecule has 0 aromatic heterocycles. The number of likely N-dealkylation sites (tertiary alicyclic amines) is 1. The Morgan fingerprint density at radius 3 is 2.05 bits per heavy atom.